The highest BCUT2D eigenvalue weighted by molar-refractivity contribution is 5.40. The Morgan fingerprint density at radius 3 is 2.65 bits per heavy atom. The average Bonchev–Trinajstić information content (AvgIpc) is 2.36. The number of ether oxygens (including phenoxy) is 3. The van der Waals surface area contributed by atoms with E-state index in [-0.39, 0.29) is 0 Å². The van der Waals surface area contributed by atoms with Gasteiger partial charge in [-0.15, -0.1) is 0 Å². The molecule has 0 aliphatic heterocycles. The van der Waals surface area contributed by atoms with Crippen LogP contribution in [-0.2, 0) is 11.3 Å². The van der Waals surface area contributed by atoms with Crippen LogP contribution in [0.25, 0.3) is 0 Å². The van der Waals surface area contributed by atoms with Gasteiger partial charge in [-0.25, -0.2) is 0 Å². The highest BCUT2D eigenvalue weighted by Crippen LogP contribution is 2.24. The lowest BCUT2D eigenvalue weighted by Crippen LogP contribution is -2.09. The lowest BCUT2D eigenvalue weighted by Gasteiger charge is -2.12. The van der Waals surface area contributed by atoms with Gasteiger partial charge >= 0.3 is 0 Å². The van der Waals surface area contributed by atoms with Gasteiger partial charge in [0.25, 0.3) is 0 Å². The largest absolute Gasteiger partial charge is 0.497 e. The molecule has 0 radical (unpaired) electrons. The number of hydrogen-bond donors (Lipinski definition) is 1. The van der Waals surface area contributed by atoms with Gasteiger partial charge < -0.3 is 19.5 Å². The van der Waals surface area contributed by atoms with Crippen LogP contribution in [-0.4, -0.2) is 34.5 Å². The first-order valence-electron chi connectivity index (χ1n) is 5.75. The quantitative estimate of drug-likeness (QED) is 0.703. The van der Waals surface area contributed by atoms with Crippen LogP contribution in [0.15, 0.2) is 18.2 Å². The predicted octanol–water partition coefficient (Wildman–Crippen LogP) is 1.83. The molecule has 1 aromatic rings. The Hall–Kier alpha value is -1.26. The van der Waals surface area contributed by atoms with Crippen molar-refractivity contribution in [3.8, 4) is 11.5 Å². The number of rotatable bonds is 8. The van der Waals surface area contributed by atoms with E-state index >= 15 is 0 Å². The summed E-state index contributed by atoms with van der Waals surface area (Å²) in [5.41, 5.74) is 1.10. The summed E-state index contributed by atoms with van der Waals surface area (Å²) in [6.45, 7) is 2.14. The summed E-state index contributed by atoms with van der Waals surface area (Å²) in [6, 6.07) is 5.84. The zero-order valence-corrected chi connectivity index (χ0v) is 10.8. The maximum Gasteiger partial charge on any atom is 0.124 e. The highest BCUT2D eigenvalue weighted by atomic mass is 16.5. The predicted molar refractivity (Wildman–Crippen MR) is 67.7 cm³/mol. The zero-order chi connectivity index (χ0) is 12.5. The van der Waals surface area contributed by atoms with Crippen LogP contribution >= 0.6 is 0 Å². The van der Waals surface area contributed by atoms with Crippen LogP contribution in [0.4, 0.5) is 0 Å². The molecular weight excluding hydrogens is 218 g/mol. The van der Waals surface area contributed by atoms with E-state index in [4.69, 9.17) is 14.2 Å². The standard InChI is InChI=1S/C13H21NO3/c1-14-10-11-9-12(16-3)5-6-13(11)17-8-4-7-15-2/h5-6,9,14H,4,7-8,10H2,1-3H3. The van der Waals surface area contributed by atoms with Crippen LogP contribution in [0.5, 0.6) is 11.5 Å². The van der Waals surface area contributed by atoms with E-state index in [1.807, 2.05) is 25.2 Å². The highest BCUT2D eigenvalue weighted by Gasteiger charge is 2.05. The molecule has 4 nitrogen and oxygen atoms in total. The van der Waals surface area contributed by atoms with E-state index in [2.05, 4.69) is 5.32 Å². The molecule has 0 saturated heterocycles. The summed E-state index contributed by atoms with van der Waals surface area (Å²) in [5.74, 6) is 1.75. The molecule has 0 heterocycles. The summed E-state index contributed by atoms with van der Waals surface area (Å²) in [7, 11) is 5.27. The summed E-state index contributed by atoms with van der Waals surface area (Å²) >= 11 is 0. The molecule has 0 aliphatic rings. The molecule has 0 atom stereocenters. The van der Waals surface area contributed by atoms with Gasteiger partial charge in [0.2, 0.25) is 0 Å². The topological polar surface area (TPSA) is 39.7 Å². The van der Waals surface area contributed by atoms with Crippen molar-refractivity contribution in [2.24, 2.45) is 0 Å². The molecule has 96 valence electrons. The van der Waals surface area contributed by atoms with E-state index in [0.29, 0.717) is 6.61 Å². The van der Waals surface area contributed by atoms with Crippen molar-refractivity contribution in [3.63, 3.8) is 0 Å². The maximum atomic E-state index is 5.72. The van der Waals surface area contributed by atoms with E-state index in [9.17, 15) is 0 Å². The van der Waals surface area contributed by atoms with Crippen molar-refractivity contribution < 1.29 is 14.2 Å². The first kappa shape index (κ1) is 13.8. The van der Waals surface area contributed by atoms with Gasteiger partial charge in [-0.3, -0.25) is 0 Å². The lowest BCUT2D eigenvalue weighted by atomic mass is 10.2. The second kappa shape index (κ2) is 7.92. The molecule has 17 heavy (non-hydrogen) atoms. The number of hydrogen-bond acceptors (Lipinski definition) is 4. The van der Waals surface area contributed by atoms with Gasteiger partial charge in [0.1, 0.15) is 11.5 Å². The van der Waals surface area contributed by atoms with Crippen LogP contribution < -0.4 is 14.8 Å². The Balaban J connectivity index is 2.62. The SMILES string of the molecule is CNCc1cc(OC)ccc1OCCCOC. The van der Waals surface area contributed by atoms with Crippen molar-refractivity contribution in [3.05, 3.63) is 23.8 Å². The van der Waals surface area contributed by atoms with E-state index in [1.54, 1.807) is 14.2 Å². The van der Waals surface area contributed by atoms with Gasteiger partial charge in [0.15, 0.2) is 0 Å². The molecule has 1 rings (SSSR count). The van der Waals surface area contributed by atoms with Crippen LogP contribution in [0.2, 0.25) is 0 Å². The summed E-state index contributed by atoms with van der Waals surface area (Å²) in [5, 5.41) is 3.12. The average molecular weight is 239 g/mol. The lowest BCUT2D eigenvalue weighted by molar-refractivity contribution is 0.171. The molecule has 0 aliphatic carbocycles. The monoisotopic (exact) mass is 239 g/mol. The fraction of sp³-hybridized carbons (Fsp3) is 0.538. The van der Waals surface area contributed by atoms with Gasteiger partial charge in [0, 0.05) is 32.2 Å². The van der Waals surface area contributed by atoms with E-state index in [1.165, 1.54) is 0 Å². The number of methoxy groups -OCH3 is 2. The van der Waals surface area contributed by atoms with E-state index < -0.39 is 0 Å². The van der Waals surface area contributed by atoms with Crippen molar-refractivity contribution in [1.82, 2.24) is 5.32 Å². The van der Waals surface area contributed by atoms with Crippen LogP contribution in [0, 0.1) is 0 Å². The fourth-order valence-electron chi connectivity index (χ4n) is 1.54. The van der Waals surface area contributed by atoms with Crippen LogP contribution in [0.3, 0.4) is 0 Å². The Labute approximate surface area is 103 Å². The molecular formula is C13H21NO3. The van der Waals surface area contributed by atoms with Gasteiger partial charge in [-0.05, 0) is 25.2 Å². The maximum absolute atomic E-state index is 5.72. The van der Waals surface area contributed by atoms with Crippen molar-refractivity contribution >= 4 is 0 Å². The Morgan fingerprint density at radius 2 is 2.00 bits per heavy atom. The smallest absolute Gasteiger partial charge is 0.124 e. The fourth-order valence-corrected chi connectivity index (χ4v) is 1.54. The molecule has 0 spiro atoms. The normalized spacial score (nSPS) is 10.3. The van der Waals surface area contributed by atoms with Gasteiger partial charge in [-0.1, -0.05) is 0 Å². The zero-order valence-electron chi connectivity index (χ0n) is 10.8. The molecule has 4 heteroatoms. The minimum absolute atomic E-state index is 0.664. The number of nitrogens with one attached hydrogen (secondary N) is 1. The summed E-state index contributed by atoms with van der Waals surface area (Å²) in [6.07, 6.45) is 0.890. The third kappa shape index (κ3) is 4.63. The molecule has 0 fully saturated rings. The van der Waals surface area contributed by atoms with Crippen LogP contribution in [0.1, 0.15) is 12.0 Å². The van der Waals surface area contributed by atoms with Gasteiger partial charge in [-0.2, -0.15) is 0 Å². The first-order valence-corrected chi connectivity index (χ1v) is 5.75. The molecule has 0 saturated carbocycles. The Kier molecular flexibility index (Phi) is 6.43. The van der Waals surface area contributed by atoms with E-state index in [0.717, 1.165) is 36.6 Å². The third-order valence-electron chi connectivity index (χ3n) is 2.39. The molecule has 0 bridgehead atoms. The Morgan fingerprint density at radius 1 is 1.18 bits per heavy atom. The molecule has 1 aromatic carbocycles. The second-order valence-corrected chi connectivity index (χ2v) is 3.70. The number of benzene rings is 1. The third-order valence-corrected chi connectivity index (χ3v) is 2.39. The molecule has 0 amide bonds. The Bertz CT molecular complexity index is 328. The molecule has 0 unspecified atom stereocenters. The molecule has 1 N–H and O–H groups in total. The first-order chi connectivity index (χ1) is 8.31. The minimum atomic E-state index is 0.664. The van der Waals surface area contributed by atoms with Crippen molar-refractivity contribution in [2.45, 2.75) is 13.0 Å². The summed E-state index contributed by atoms with van der Waals surface area (Å²) in [4.78, 5) is 0. The summed E-state index contributed by atoms with van der Waals surface area (Å²) < 4.78 is 15.9. The van der Waals surface area contributed by atoms with Crippen molar-refractivity contribution in [2.75, 3.05) is 34.5 Å². The second-order valence-electron chi connectivity index (χ2n) is 3.70. The minimum Gasteiger partial charge on any atom is -0.497 e. The van der Waals surface area contributed by atoms with Gasteiger partial charge in [0.05, 0.1) is 13.7 Å². The molecule has 0 aromatic heterocycles. The van der Waals surface area contributed by atoms with Crippen molar-refractivity contribution in [1.29, 1.82) is 0 Å².